The van der Waals surface area contributed by atoms with Crippen molar-refractivity contribution >= 4 is 23.7 Å². The zero-order chi connectivity index (χ0) is 17.7. The first-order valence-electron chi connectivity index (χ1n) is 6.65. The summed E-state index contributed by atoms with van der Waals surface area (Å²) in [6, 6.07) is 9.63. The Morgan fingerprint density at radius 1 is 0.958 bits per heavy atom. The normalized spacial score (nSPS) is 9.88. The van der Waals surface area contributed by atoms with Crippen LogP contribution in [0.25, 0.3) is 0 Å². The average Bonchev–Trinajstić information content (AvgIpc) is 2.54. The van der Waals surface area contributed by atoms with E-state index < -0.39 is 18.0 Å². The van der Waals surface area contributed by atoms with E-state index in [9.17, 15) is 14.4 Å². The Morgan fingerprint density at radius 2 is 1.62 bits per heavy atom. The number of methoxy groups -OCH3 is 1. The molecule has 8 heteroatoms. The van der Waals surface area contributed by atoms with Gasteiger partial charge in [-0.1, -0.05) is 12.1 Å². The molecule has 2 rings (SSSR count). The van der Waals surface area contributed by atoms with Gasteiger partial charge in [0.05, 0.1) is 18.4 Å². The molecule has 0 saturated carbocycles. The van der Waals surface area contributed by atoms with E-state index in [-0.39, 0.29) is 28.3 Å². The lowest BCUT2D eigenvalue weighted by atomic mass is 10.2. The van der Waals surface area contributed by atoms with E-state index in [1.54, 1.807) is 6.07 Å². The van der Waals surface area contributed by atoms with Crippen LogP contribution in [0.4, 0.5) is 10.5 Å². The molecule has 0 radical (unpaired) electrons. The number of carbonyl (C=O) groups excluding carboxylic acids is 1. The van der Waals surface area contributed by atoms with Gasteiger partial charge in [-0.05, 0) is 30.3 Å². The predicted octanol–water partition coefficient (Wildman–Crippen LogP) is 2.70. The number of carboxylic acid groups (broad SMARTS) is 2. The number of aromatic carboxylic acids is 2. The van der Waals surface area contributed by atoms with E-state index in [4.69, 9.17) is 19.7 Å². The van der Waals surface area contributed by atoms with E-state index in [0.717, 1.165) is 6.07 Å². The fourth-order valence-electron chi connectivity index (χ4n) is 1.94. The molecule has 0 heterocycles. The Morgan fingerprint density at radius 3 is 2.25 bits per heavy atom. The molecular formula is C16H13NO7. The lowest BCUT2D eigenvalue weighted by Crippen LogP contribution is -2.19. The summed E-state index contributed by atoms with van der Waals surface area (Å²) in [5.74, 6) is -2.36. The number of carbonyl (C=O) groups is 3. The molecule has 1 amide bonds. The van der Waals surface area contributed by atoms with Gasteiger partial charge in [0, 0.05) is 0 Å². The maximum atomic E-state index is 11.9. The Hall–Kier alpha value is -3.55. The molecule has 8 nitrogen and oxygen atoms in total. The van der Waals surface area contributed by atoms with Gasteiger partial charge in [0.2, 0.25) is 0 Å². The van der Waals surface area contributed by atoms with Crippen molar-refractivity contribution in [1.82, 2.24) is 0 Å². The summed E-state index contributed by atoms with van der Waals surface area (Å²) in [4.78, 5) is 34.1. The van der Waals surface area contributed by atoms with Gasteiger partial charge in [0.15, 0.2) is 0 Å². The number of amides is 1. The summed E-state index contributed by atoms with van der Waals surface area (Å²) in [7, 11) is 1.32. The number of benzene rings is 2. The van der Waals surface area contributed by atoms with Crippen molar-refractivity contribution < 1.29 is 34.1 Å². The van der Waals surface area contributed by atoms with E-state index in [1.807, 2.05) is 0 Å². The molecule has 0 fully saturated rings. The summed E-state index contributed by atoms with van der Waals surface area (Å²) in [5.41, 5.74) is -0.217. The number of ether oxygens (including phenoxy) is 2. The van der Waals surface area contributed by atoms with Crippen LogP contribution in [0.2, 0.25) is 0 Å². The molecule has 0 atom stereocenters. The lowest BCUT2D eigenvalue weighted by molar-refractivity contribution is 0.0684. The van der Waals surface area contributed by atoms with Gasteiger partial charge in [-0.3, -0.25) is 5.32 Å². The predicted molar refractivity (Wildman–Crippen MR) is 83.0 cm³/mol. The van der Waals surface area contributed by atoms with Gasteiger partial charge < -0.3 is 19.7 Å². The summed E-state index contributed by atoms with van der Waals surface area (Å²) < 4.78 is 9.88. The van der Waals surface area contributed by atoms with E-state index in [0.29, 0.717) is 0 Å². The molecule has 0 aromatic heterocycles. The van der Waals surface area contributed by atoms with Crippen LogP contribution in [0.5, 0.6) is 11.5 Å². The SMILES string of the molecule is COc1ccc(OC(=O)Nc2ccccc2C(=O)O)cc1C(=O)O. The van der Waals surface area contributed by atoms with Gasteiger partial charge in [-0.2, -0.15) is 0 Å². The fraction of sp³-hybridized carbons (Fsp3) is 0.0625. The number of nitrogens with one attached hydrogen (secondary N) is 1. The highest BCUT2D eigenvalue weighted by atomic mass is 16.6. The van der Waals surface area contributed by atoms with Crippen molar-refractivity contribution in [2.45, 2.75) is 0 Å². The van der Waals surface area contributed by atoms with Crippen molar-refractivity contribution in [2.75, 3.05) is 12.4 Å². The largest absolute Gasteiger partial charge is 0.496 e. The molecule has 0 unspecified atom stereocenters. The summed E-state index contributed by atoms with van der Waals surface area (Å²) in [5, 5.41) is 20.4. The van der Waals surface area contributed by atoms with E-state index in [1.165, 1.54) is 37.4 Å². The highest BCUT2D eigenvalue weighted by Crippen LogP contribution is 2.24. The quantitative estimate of drug-likeness (QED) is 0.770. The van der Waals surface area contributed by atoms with E-state index in [2.05, 4.69) is 5.32 Å². The van der Waals surface area contributed by atoms with E-state index >= 15 is 0 Å². The number of anilines is 1. The Bertz CT molecular complexity index is 801. The third kappa shape index (κ3) is 3.80. The van der Waals surface area contributed by atoms with Crippen LogP contribution >= 0.6 is 0 Å². The Kier molecular flexibility index (Phi) is 5.00. The summed E-state index contributed by atoms with van der Waals surface area (Å²) in [6.07, 6.45) is -0.954. The molecule has 0 aliphatic rings. The van der Waals surface area contributed by atoms with Gasteiger partial charge in [-0.15, -0.1) is 0 Å². The van der Waals surface area contributed by atoms with Crippen molar-refractivity contribution in [2.24, 2.45) is 0 Å². The van der Waals surface area contributed by atoms with Crippen molar-refractivity contribution in [3.05, 3.63) is 53.6 Å². The smallest absolute Gasteiger partial charge is 0.417 e. The highest BCUT2D eigenvalue weighted by molar-refractivity contribution is 5.99. The second-order valence-corrected chi connectivity index (χ2v) is 4.53. The molecule has 124 valence electrons. The van der Waals surface area contributed by atoms with Gasteiger partial charge >= 0.3 is 18.0 Å². The Balaban J connectivity index is 2.18. The van der Waals surface area contributed by atoms with Crippen molar-refractivity contribution in [3.63, 3.8) is 0 Å². The first-order valence-corrected chi connectivity index (χ1v) is 6.65. The van der Waals surface area contributed by atoms with Crippen molar-refractivity contribution in [3.8, 4) is 11.5 Å². The third-order valence-corrected chi connectivity index (χ3v) is 3.01. The first-order chi connectivity index (χ1) is 11.4. The average molecular weight is 331 g/mol. The van der Waals surface area contributed by atoms with Crippen LogP contribution in [0.1, 0.15) is 20.7 Å². The molecule has 0 spiro atoms. The molecule has 0 bridgehead atoms. The van der Waals surface area contributed by atoms with Gasteiger partial charge in [0.25, 0.3) is 0 Å². The van der Waals surface area contributed by atoms with Crippen LogP contribution in [0.3, 0.4) is 0 Å². The molecule has 0 saturated heterocycles. The number of carboxylic acids is 2. The fourth-order valence-corrected chi connectivity index (χ4v) is 1.94. The molecule has 3 N–H and O–H groups in total. The zero-order valence-corrected chi connectivity index (χ0v) is 12.5. The standard InChI is InChI=1S/C16H13NO7/c1-23-13-7-6-9(8-11(13)15(20)21)24-16(22)17-12-5-3-2-4-10(12)14(18)19/h2-8H,1H3,(H,17,22)(H,18,19)(H,20,21). The second kappa shape index (κ2) is 7.14. The van der Waals surface area contributed by atoms with Crippen LogP contribution < -0.4 is 14.8 Å². The van der Waals surface area contributed by atoms with Crippen LogP contribution in [-0.4, -0.2) is 35.4 Å². The van der Waals surface area contributed by atoms with Crippen LogP contribution in [-0.2, 0) is 0 Å². The maximum absolute atomic E-state index is 11.9. The van der Waals surface area contributed by atoms with Crippen LogP contribution in [0, 0.1) is 0 Å². The third-order valence-electron chi connectivity index (χ3n) is 3.01. The second-order valence-electron chi connectivity index (χ2n) is 4.53. The number of rotatable bonds is 5. The highest BCUT2D eigenvalue weighted by Gasteiger charge is 2.16. The molecule has 2 aromatic carbocycles. The zero-order valence-electron chi connectivity index (χ0n) is 12.5. The topological polar surface area (TPSA) is 122 Å². The lowest BCUT2D eigenvalue weighted by Gasteiger charge is -2.10. The van der Waals surface area contributed by atoms with Gasteiger partial charge in [-0.25, -0.2) is 14.4 Å². The molecule has 0 aliphatic heterocycles. The number of hydrogen-bond acceptors (Lipinski definition) is 5. The van der Waals surface area contributed by atoms with Gasteiger partial charge in [0.1, 0.15) is 17.1 Å². The first kappa shape index (κ1) is 16.8. The number of hydrogen-bond donors (Lipinski definition) is 3. The maximum Gasteiger partial charge on any atom is 0.417 e. The molecule has 2 aromatic rings. The van der Waals surface area contributed by atoms with Crippen molar-refractivity contribution in [1.29, 1.82) is 0 Å². The minimum absolute atomic E-state index is 0.0292. The molecular weight excluding hydrogens is 318 g/mol. The summed E-state index contributed by atoms with van der Waals surface area (Å²) >= 11 is 0. The van der Waals surface area contributed by atoms with Crippen LogP contribution in [0.15, 0.2) is 42.5 Å². The monoisotopic (exact) mass is 331 g/mol. The molecule has 24 heavy (non-hydrogen) atoms. The number of para-hydroxylation sites is 1. The Labute approximate surface area is 136 Å². The minimum Gasteiger partial charge on any atom is -0.496 e. The minimum atomic E-state index is -1.24. The molecule has 0 aliphatic carbocycles. The summed E-state index contributed by atoms with van der Waals surface area (Å²) in [6.45, 7) is 0.